The predicted molar refractivity (Wildman–Crippen MR) is 105 cm³/mol. The topological polar surface area (TPSA) is 83.4 Å². The van der Waals surface area contributed by atoms with Gasteiger partial charge in [0.25, 0.3) is 5.91 Å². The Morgan fingerprint density at radius 1 is 1.00 bits per heavy atom. The average Bonchev–Trinajstić information content (AvgIpc) is 3.19. The van der Waals surface area contributed by atoms with Gasteiger partial charge in [-0.2, -0.15) is 0 Å². The Kier molecular flexibility index (Phi) is 5.78. The van der Waals surface area contributed by atoms with Crippen LogP contribution in [0, 0.1) is 6.92 Å². The van der Waals surface area contributed by atoms with Crippen molar-refractivity contribution < 1.29 is 14.0 Å². The van der Waals surface area contributed by atoms with Crippen molar-refractivity contribution in [1.29, 1.82) is 0 Å². The molecule has 0 aliphatic heterocycles. The first kappa shape index (κ1) is 18.5. The van der Waals surface area contributed by atoms with Gasteiger partial charge in [0.1, 0.15) is 0 Å². The molecule has 3 amide bonds. The first-order valence-corrected chi connectivity index (χ1v) is 8.64. The van der Waals surface area contributed by atoms with Gasteiger partial charge >= 0.3 is 6.03 Å². The third-order valence-corrected chi connectivity index (χ3v) is 4.25. The van der Waals surface area contributed by atoms with Crippen molar-refractivity contribution in [3.05, 3.63) is 82.8 Å². The lowest BCUT2D eigenvalue weighted by Gasteiger charge is -2.09. The van der Waals surface area contributed by atoms with E-state index >= 15 is 0 Å². The molecule has 0 radical (unpaired) electrons. The van der Waals surface area contributed by atoms with E-state index in [2.05, 4.69) is 16.0 Å². The Balaban J connectivity index is 1.50. The van der Waals surface area contributed by atoms with E-state index in [0.717, 1.165) is 11.1 Å². The summed E-state index contributed by atoms with van der Waals surface area (Å²) in [7, 11) is 0. The van der Waals surface area contributed by atoms with Gasteiger partial charge in [0.15, 0.2) is 5.76 Å². The van der Waals surface area contributed by atoms with Crippen LogP contribution < -0.4 is 16.0 Å². The van der Waals surface area contributed by atoms with Crippen LogP contribution in [0.1, 0.15) is 21.7 Å². The number of carbonyl (C=O) groups excluding carboxylic acids is 2. The fraction of sp³-hybridized carbons (Fsp3) is 0.100. The summed E-state index contributed by atoms with van der Waals surface area (Å²) >= 11 is 6.05. The standard InChI is InChI=1S/C20H18ClN3O3/c1-13-4-7-16(11-17(13)21)24-20(26)22-12-14-5-8-15(9-6-14)23-19(25)18-3-2-10-27-18/h2-11H,12H2,1H3,(H,23,25)(H2,22,24,26). The maximum absolute atomic E-state index is 12.0. The van der Waals surface area contributed by atoms with E-state index in [1.54, 1.807) is 36.4 Å². The lowest BCUT2D eigenvalue weighted by Crippen LogP contribution is -2.28. The highest BCUT2D eigenvalue weighted by Crippen LogP contribution is 2.19. The molecule has 1 aromatic heterocycles. The van der Waals surface area contributed by atoms with Crippen LogP contribution in [0.2, 0.25) is 5.02 Å². The highest BCUT2D eigenvalue weighted by Gasteiger charge is 2.08. The zero-order valence-electron chi connectivity index (χ0n) is 14.6. The zero-order chi connectivity index (χ0) is 19.2. The molecule has 138 valence electrons. The highest BCUT2D eigenvalue weighted by molar-refractivity contribution is 6.31. The van der Waals surface area contributed by atoms with Crippen LogP contribution in [0.3, 0.4) is 0 Å². The van der Waals surface area contributed by atoms with E-state index in [1.807, 2.05) is 25.1 Å². The Morgan fingerprint density at radius 2 is 1.74 bits per heavy atom. The number of aryl methyl sites for hydroxylation is 1. The molecular weight excluding hydrogens is 366 g/mol. The Morgan fingerprint density at radius 3 is 2.41 bits per heavy atom. The maximum Gasteiger partial charge on any atom is 0.319 e. The molecule has 0 saturated carbocycles. The van der Waals surface area contributed by atoms with Gasteiger partial charge in [-0.25, -0.2) is 4.79 Å². The average molecular weight is 384 g/mol. The van der Waals surface area contributed by atoms with Gasteiger partial charge < -0.3 is 20.4 Å². The van der Waals surface area contributed by atoms with E-state index < -0.39 is 0 Å². The number of amides is 3. The van der Waals surface area contributed by atoms with Gasteiger partial charge in [0.05, 0.1) is 6.26 Å². The summed E-state index contributed by atoms with van der Waals surface area (Å²) in [5.74, 6) is -0.0735. The van der Waals surface area contributed by atoms with Crippen molar-refractivity contribution in [1.82, 2.24) is 5.32 Å². The fourth-order valence-electron chi connectivity index (χ4n) is 2.33. The molecule has 3 aromatic rings. The summed E-state index contributed by atoms with van der Waals surface area (Å²) in [6.45, 7) is 2.24. The van der Waals surface area contributed by atoms with Gasteiger partial charge in [0, 0.05) is 22.9 Å². The van der Waals surface area contributed by atoms with Crippen molar-refractivity contribution in [3.63, 3.8) is 0 Å². The second-order valence-corrected chi connectivity index (χ2v) is 6.31. The van der Waals surface area contributed by atoms with Crippen molar-refractivity contribution in [3.8, 4) is 0 Å². The van der Waals surface area contributed by atoms with Crippen molar-refractivity contribution in [2.75, 3.05) is 10.6 Å². The highest BCUT2D eigenvalue weighted by atomic mass is 35.5. The number of furan rings is 1. The summed E-state index contributed by atoms with van der Waals surface area (Å²) in [5, 5.41) is 8.83. The fourth-order valence-corrected chi connectivity index (χ4v) is 2.52. The minimum atomic E-state index is -0.329. The largest absolute Gasteiger partial charge is 0.459 e. The molecule has 0 saturated heterocycles. The molecule has 0 fully saturated rings. The lowest BCUT2D eigenvalue weighted by atomic mass is 10.2. The molecule has 3 N–H and O–H groups in total. The van der Waals surface area contributed by atoms with Crippen LogP contribution in [-0.4, -0.2) is 11.9 Å². The normalized spacial score (nSPS) is 10.3. The Bertz CT molecular complexity index is 938. The number of hydrogen-bond acceptors (Lipinski definition) is 3. The van der Waals surface area contributed by atoms with E-state index in [9.17, 15) is 9.59 Å². The van der Waals surface area contributed by atoms with Crippen LogP contribution in [0.4, 0.5) is 16.2 Å². The van der Waals surface area contributed by atoms with E-state index in [1.165, 1.54) is 6.26 Å². The number of hydrogen-bond donors (Lipinski definition) is 3. The first-order chi connectivity index (χ1) is 13.0. The molecule has 7 heteroatoms. The quantitative estimate of drug-likeness (QED) is 0.590. The van der Waals surface area contributed by atoms with Crippen molar-refractivity contribution >= 4 is 34.9 Å². The third kappa shape index (κ3) is 5.12. The Hall–Kier alpha value is -3.25. The Labute approximate surface area is 161 Å². The van der Waals surface area contributed by atoms with Crippen molar-refractivity contribution in [2.24, 2.45) is 0 Å². The van der Waals surface area contributed by atoms with Crippen molar-refractivity contribution in [2.45, 2.75) is 13.5 Å². The van der Waals surface area contributed by atoms with Crippen LogP contribution in [0.5, 0.6) is 0 Å². The van der Waals surface area contributed by atoms with E-state index in [-0.39, 0.29) is 17.7 Å². The molecule has 0 spiro atoms. The molecule has 1 heterocycles. The second kappa shape index (κ2) is 8.42. The third-order valence-electron chi connectivity index (χ3n) is 3.84. The number of rotatable bonds is 5. The van der Waals surface area contributed by atoms with Crippen LogP contribution >= 0.6 is 11.6 Å². The summed E-state index contributed by atoms with van der Waals surface area (Å²) in [6, 6.07) is 15.4. The summed E-state index contributed by atoms with van der Waals surface area (Å²) in [6.07, 6.45) is 1.44. The summed E-state index contributed by atoms with van der Waals surface area (Å²) in [5.41, 5.74) is 3.10. The maximum atomic E-state index is 12.0. The summed E-state index contributed by atoms with van der Waals surface area (Å²) < 4.78 is 5.04. The minimum Gasteiger partial charge on any atom is -0.459 e. The molecule has 0 atom stereocenters. The van der Waals surface area contributed by atoms with Gasteiger partial charge in [-0.05, 0) is 54.4 Å². The second-order valence-electron chi connectivity index (χ2n) is 5.90. The molecule has 0 aliphatic carbocycles. The molecule has 0 bridgehead atoms. The summed E-state index contributed by atoms with van der Waals surface area (Å²) in [4.78, 5) is 23.9. The molecule has 0 unspecified atom stereocenters. The monoisotopic (exact) mass is 383 g/mol. The van der Waals surface area contributed by atoms with Crippen LogP contribution in [0.25, 0.3) is 0 Å². The number of anilines is 2. The predicted octanol–water partition coefficient (Wildman–Crippen LogP) is 4.82. The number of carbonyl (C=O) groups is 2. The van der Waals surface area contributed by atoms with E-state index in [4.69, 9.17) is 16.0 Å². The smallest absolute Gasteiger partial charge is 0.319 e. The van der Waals surface area contributed by atoms with Crippen LogP contribution in [-0.2, 0) is 6.54 Å². The molecule has 6 nitrogen and oxygen atoms in total. The van der Waals surface area contributed by atoms with Gasteiger partial charge in [-0.1, -0.05) is 29.8 Å². The number of benzene rings is 2. The van der Waals surface area contributed by atoms with E-state index in [0.29, 0.717) is 22.9 Å². The first-order valence-electron chi connectivity index (χ1n) is 8.26. The molecule has 0 aliphatic rings. The minimum absolute atomic E-state index is 0.244. The van der Waals surface area contributed by atoms with Crippen LogP contribution in [0.15, 0.2) is 65.3 Å². The molecular formula is C20H18ClN3O3. The SMILES string of the molecule is Cc1ccc(NC(=O)NCc2ccc(NC(=O)c3ccco3)cc2)cc1Cl. The molecule has 3 rings (SSSR count). The lowest BCUT2D eigenvalue weighted by molar-refractivity contribution is 0.0996. The number of halogens is 1. The van der Waals surface area contributed by atoms with Gasteiger partial charge in [0.2, 0.25) is 0 Å². The molecule has 27 heavy (non-hydrogen) atoms. The number of nitrogens with one attached hydrogen (secondary N) is 3. The zero-order valence-corrected chi connectivity index (χ0v) is 15.3. The van der Waals surface area contributed by atoms with Gasteiger partial charge in [-0.3, -0.25) is 4.79 Å². The molecule has 2 aromatic carbocycles. The van der Waals surface area contributed by atoms with Gasteiger partial charge in [-0.15, -0.1) is 0 Å². The number of urea groups is 1.